The predicted molar refractivity (Wildman–Crippen MR) is 160 cm³/mol. The average Bonchev–Trinajstić information content (AvgIpc) is 3.00. The van der Waals surface area contributed by atoms with E-state index < -0.39 is 0 Å². The van der Waals surface area contributed by atoms with Crippen LogP contribution in [-0.4, -0.2) is 52.4 Å². The number of methoxy groups -OCH3 is 2. The molecule has 10 nitrogen and oxygen atoms in total. The van der Waals surface area contributed by atoms with Crippen LogP contribution in [0.3, 0.4) is 0 Å². The van der Waals surface area contributed by atoms with Gasteiger partial charge in [-0.1, -0.05) is 30.3 Å². The monoisotopic (exact) mass is 567 g/mol. The molecule has 5 rings (SSSR count). The normalized spacial score (nSPS) is 14.2. The molecular weight excluding hydrogens is 538 g/mol. The Balaban J connectivity index is 1.49. The molecule has 0 bridgehead atoms. The number of ketones is 1. The van der Waals surface area contributed by atoms with Gasteiger partial charge in [0.05, 0.1) is 31.0 Å². The number of ether oxygens (including phenoxy) is 2. The minimum Gasteiger partial charge on any atom is -0.493 e. The lowest BCUT2D eigenvalue weighted by atomic mass is 9.94. The number of nitrogens with zero attached hydrogens (tertiary/aromatic N) is 5. The predicted octanol–water partition coefficient (Wildman–Crippen LogP) is 4.50. The number of rotatable bonds is 9. The number of benzene rings is 2. The molecule has 1 unspecified atom stereocenters. The van der Waals surface area contributed by atoms with Gasteiger partial charge in [0.1, 0.15) is 11.9 Å². The number of allylic oxidation sites excluding steroid dienone is 1. The first-order chi connectivity index (χ1) is 19.9. The van der Waals surface area contributed by atoms with Crippen molar-refractivity contribution in [2.45, 2.75) is 17.5 Å². The first kappa shape index (κ1) is 27.7. The summed E-state index contributed by atoms with van der Waals surface area (Å²) in [7, 11) is 3.02. The number of hydrazone groups is 1. The molecule has 0 saturated heterocycles. The lowest BCUT2D eigenvalue weighted by Crippen LogP contribution is -2.25. The van der Waals surface area contributed by atoms with Crippen molar-refractivity contribution in [3.8, 4) is 11.5 Å². The van der Waals surface area contributed by atoms with Gasteiger partial charge in [0.25, 0.3) is 0 Å². The molecule has 11 heteroatoms. The summed E-state index contributed by atoms with van der Waals surface area (Å²) in [6.45, 7) is 0. The Morgan fingerprint density at radius 1 is 1.07 bits per heavy atom. The molecule has 208 valence electrons. The SMILES string of the molecule is COc1cc(Cc2cnc(N)nc2N)cc(C(=O)C=CN2N=Cc3ccccc3C2c2ccc(SC)nc2)c1OC. The quantitative estimate of drug-likeness (QED) is 0.169. The van der Waals surface area contributed by atoms with Gasteiger partial charge in [0.15, 0.2) is 17.3 Å². The van der Waals surface area contributed by atoms with E-state index in [2.05, 4.69) is 26.1 Å². The Morgan fingerprint density at radius 3 is 2.61 bits per heavy atom. The summed E-state index contributed by atoms with van der Waals surface area (Å²) in [6, 6.07) is 15.3. The van der Waals surface area contributed by atoms with E-state index >= 15 is 0 Å². The van der Waals surface area contributed by atoms with Gasteiger partial charge in [-0.05, 0) is 41.1 Å². The number of anilines is 2. The van der Waals surface area contributed by atoms with Gasteiger partial charge in [0, 0.05) is 42.2 Å². The van der Waals surface area contributed by atoms with Gasteiger partial charge in [-0.15, -0.1) is 11.8 Å². The Bertz CT molecular complexity index is 1640. The molecule has 1 aliphatic heterocycles. The number of carbonyl (C=O) groups excluding carboxylic acids is 1. The highest BCUT2D eigenvalue weighted by molar-refractivity contribution is 7.98. The number of hydrogen-bond acceptors (Lipinski definition) is 11. The summed E-state index contributed by atoms with van der Waals surface area (Å²) in [4.78, 5) is 26.3. The van der Waals surface area contributed by atoms with E-state index in [9.17, 15) is 4.79 Å². The number of aromatic nitrogens is 3. The van der Waals surface area contributed by atoms with Crippen LogP contribution in [0.2, 0.25) is 0 Å². The Labute approximate surface area is 242 Å². The number of thioether (sulfide) groups is 1. The summed E-state index contributed by atoms with van der Waals surface area (Å²) in [6.07, 6.45) is 10.7. The van der Waals surface area contributed by atoms with Crippen LogP contribution in [-0.2, 0) is 6.42 Å². The minimum absolute atomic E-state index is 0.0943. The number of nitrogen functional groups attached to an aromatic ring is 2. The van der Waals surface area contributed by atoms with E-state index in [0.717, 1.165) is 27.3 Å². The van der Waals surface area contributed by atoms with Crippen molar-refractivity contribution < 1.29 is 14.3 Å². The van der Waals surface area contributed by atoms with Crippen molar-refractivity contribution in [1.82, 2.24) is 20.0 Å². The summed E-state index contributed by atoms with van der Waals surface area (Å²) in [5, 5.41) is 7.33. The second-order valence-electron chi connectivity index (χ2n) is 9.16. The van der Waals surface area contributed by atoms with Crippen LogP contribution in [0, 0.1) is 0 Å². The molecule has 0 amide bonds. The van der Waals surface area contributed by atoms with E-state index in [1.165, 1.54) is 20.3 Å². The average molecular weight is 568 g/mol. The van der Waals surface area contributed by atoms with E-state index in [1.54, 1.807) is 47.5 Å². The number of hydrogen-bond donors (Lipinski definition) is 2. The second kappa shape index (κ2) is 12.1. The van der Waals surface area contributed by atoms with Gasteiger partial charge in [0.2, 0.25) is 5.95 Å². The number of pyridine rings is 1. The first-order valence-corrected chi connectivity index (χ1v) is 13.9. The number of carbonyl (C=O) groups is 1. The van der Waals surface area contributed by atoms with Gasteiger partial charge in [-0.3, -0.25) is 9.80 Å². The zero-order valence-corrected chi connectivity index (χ0v) is 23.6. The molecular formula is C30H29N7O3S. The number of nitrogens with two attached hydrogens (primary N) is 2. The number of fused-ring (bicyclic) bond motifs is 1. The summed E-state index contributed by atoms with van der Waals surface area (Å²) < 4.78 is 11.1. The Kier molecular flexibility index (Phi) is 8.16. The van der Waals surface area contributed by atoms with Crippen LogP contribution < -0.4 is 20.9 Å². The summed E-state index contributed by atoms with van der Waals surface area (Å²) in [5.41, 5.74) is 16.5. The third kappa shape index (κ3) is 5.85. The van der Waals surface area contributed by atoms with E-state index in [-0.39, 0.29) is 23.6 Å². The lowest BCUT2D eigenvalue weighted by molar-refractivity contribution is 0.104. The highest BCUT2D eigenvalue weighted by Crippen LogP contribution is 2.36. The van der Waals surface area contributed by atoms with Crippen LogP contribution in [0.4, 0.5) is 11.8 Å². The molecule has 3 heterocycles. The molecule has 4 aromatic rings. The third-order valence-corrected chi connectivity index (χ3v) is 7.32. The molecule has 0 aliphatic carbocycles. The highest BCUT2D eigenvalue weighted by Gasteiger charge is 2.26. The van der Waals surface area contributed by atoms with E-state index in [4.69, 9.17) is 20.9 Å². The molecule has 0 saturated carbocycles. The van der Waals surface area contributed by atoms with Crippen LogP contribution in [0.15, 0.2) is 83.3 Å². The minimum atomic E-state index is -0.285. The van der Waals surface area contributed by atoms with Gasteiger partial charge in [-0.2, -0.15) is 10.1 Å². The zero-order chi connectivity index (χ0) is 28.9. The molecule has 2 aromatic carbocycles. The molecule has 2 aromatic heterocycles. The second-order valence-corrected chi connectivity index (χ2v) is 9.99. The fourth-order valence-electron chi connectivity index (χ4n) is 4.68. The van der Waals surface area contributed by atoms with Crippen LogP contribution in [0.1, 0.15) is 44.2 Å². The molecule has 0 radical (unpaired) electrons. The summed E-state index contributed by atoms with van der Waals surface area (Å²) in [5.74, 6) is 0.825. The maximum Gasteiger partial charge on any atom is 0.221 e. The fraction of sp³-hybridized carbons (Fsp3) is 0.167. The molecule has 0 spiro atoms. The van der Waals surface area contributed by atoms with Crippen molar-refractivity contribution >= 4 is 35.5 Å². The van der Waals surface area contributed by atoms with E-state index in [0.29, 0.717) is 29.0 Å². The van der Waals surface area contributed by atoms with Crippen molar-refractivity contribution in [3.05, 3.63) is 107 Å². The molecule has 4 N–H and O–H groups in total. The van der Waals surface area contributed by atoms with Crippen molar-refractivity contribution in [1.29, 1.82) is 0 Å². The molecule has 0 fully saturated rings. The Hall–Kier alpha value is -4.90. The van der Waals surface area contributed by atoms with Gasteiger partial charge in [-0.25, -0.2) is 9.97 Å². The lowest BCUT2D eigenvalue weighted by Gasteiger charge is -2.31. The molecule has 1 aliphatic rings. The zero-order valence-electron chi connectivity index (χ0n) is 22.8. The van der Waals surface area contributed by atoms with Crippen LogP contribution >= 0.6 is 11.8 Å². The molecule has 1 atom stereocenters. The van der Waals surface area contributed by atoms with Gasteiger partial charge < -0.3 is 20.9 Å². The maximum absolute atomic E-state index is 13.6. The third-order valence-electron chi connectivity index (χ3n) is 6.66. The maximum atomic E-state index is 13.6. The smallest absolute Gasteiger partial charge is 0.221 e. The largest absolute Gasteiger partial charge is 0.493 e. The van der Waals surface area contributed by atoms with Gasteiger partial charge >= 0.3 is 0 Å². The standard InChI is InChI=1S/C30H29N7O3S/c1-39-25-14-18(12-21-16-34-30(32)36-29(21)31)13-23(28(25)40-2)24(38)10-11-37-27(20-8-9-26(41-3)33-15-20)22-7-5-4-6-19(22)17-35-37/h4-11,13-17,27H,12H2,1-3H3,(H4,31,32,34,36). The summed E-state index contributed by atoms with van der Waals surface area (Å²) >= 11 is 1.58. The molecule has 41 heavy (non-hydrogen) atoms. The highest BCUT2D eigenvalue weighted by atomic mass is 32.2. The first-order valence-electron chi connectivity index (χ1n) is 12.7. The fourth-order valence-corrected chi connectivity index (χ4v) is 5.04. The van der Waals surface area contributed by atoms with E-state index in [1.807, 2.05) is 42.8 Å². The Morgan fingerprint density at radius 2 is 1.90 bits per heavy atom. The van der Waals surface area contributed by atoms with Crippen molar-refractivity contribution in [2.24, 2.45) is 5.10 Å². The topological polar surface area (TPSA) is 142 Å². The van der Waals surface area contributed by atoms with Crippen LogP contribution in [0.25, 0.3) is 0 Å². The van der Waals surface area contributed by atoms with Crippen molar-refractivity contribution in [2.75, 3.05) is 31.9 Å². The van der Waals surface area contributed by atoms with Crippen LogP contribution in [0.5, 0.6) is 11.5 Å². The van der Waals surface area contributed by atoms with Crippen molar-refractivity contribution in [3.63, 3.8) is 0 Å².